The Bertz CT molecular complexity index is 675. The van der Waals surface area contributed by atoms with Crippen LogP contribution in [0.15, 0.2) is 35.2 Å². The van der Waals surface area contributed by atoms with Crippen LogP contribution < -0.4 is 0 Å². The number of aryl methyl sites for hydroxylation is 2. The molecule has 3 rings (SSSR count). The summed E-state index contributed by atoms with van der Waals surface area (Å²) in [6.07, 6.45) is 8.93. The first-order valence-electron chi connectivity index (χ1n) is 8.03. The van der Waals surface area contributed by atoms with Crippen LogP contribution in [0.4, 0.5) is 0 Å². The number of amides is 1. The maximum atomic E-state index is 12.5. The third-order valence-corrected chi connectivity index (χ3v) is 4.45. The van der Waals surface area contributed by atoms with Crippen molar-refractivity contribution in [1.29, 1.82) is 0 Å². The maximum Gasteiger partial charge on any atom is 0.298 e. The van der Waals surface area contributed by atoms with Crippen molar-refractivity contribution >= 4 is 11.7 Å². The highest BCUT2D eigenvalue weighted by molar-refractivity contribution is 6.42. The fraction of sp³-hybridized carbons (Fsp3) is 0.471. The monoisotopic (exact) mass is 315 g/mol. The van der Waals surface area contributed by atoms with Gasteiger partial charge < -0.3 is 13.9 Å². The molecule has 3 heterocycles. The molecule has 1 atom stereocenters. The number of hydrogen-bond acceptors (Lipinski definition) is 4. The highest BCUT2D eigenvalue weighted by Crippen LogP contribution is 2.22. The summed E-state index contributed by atoms with van der Waals surface area (Å²) in [7, 11) is 0. The number of furan rings is 1. The van der Waals surface area contributed by atoms with Gasteiger partial charge in [0.25, 0.3) is 11.7 Å². The summed E-state index contributed by atoms with van der Waals surface area (Å²) in [6, 6.07) is 3.25. The Kier molecular flexibility index (Phi) is 4.60. The molecule has 0 N–H and O–H groups in total. The van der Waals surface area contributed by atoms with Gasteiger partial charge in [-0.25, -0.2) is 4.98 Å². The molecule has 1 fully saturated rings. The molecule has 2 aromatic rings. The van der Waals surface area contributed by atoms with Gasteiger partial charge in [0.1, 0.15) is 5.82 Å². The van der Waals surface area contributed by atoms with Crippen LogP contribution in [0.1, 0.15) is 42.1 Å². The zero-order valence-corrected chi connectivity index (χ0v) is 13.3. The number of carbonyl (C=O) groups is 2. The van der Waals surface area contributed by atoms with Crippen molar-refractivity contribution in [2.45, 2.75) is 45.2 Å². The predicted molar refractivity (Wildman–Crippen MR) is 84.0 cm³/mol. The number of carbonyl (C=O) groups excluding carboxylic acids is 2. The Balaban J connectivity index is 1.67. The van der Waals surface area contributed by atoms with E-state index >= 15 is 0 Å². The Morgan fingerprint density at radius 3 is 2.96 bits per heavy atom. The van der Waals surface area contributed by atoms with Crippen LogP contribution in [-0.4, -0.2) is 38.7 Å². The highest BCUT2D eigenvalue weighted by atomic mass is 16.3. The third kappa shape index (κ3) is 3.36. The number of hydrogen-bond donors (Lipinski definition) is 0. The normalized spacial score (nSPS) is 18.1. The Labute approximate surface area is 135 Å². The van der Waals surface area contributed by atoms with Gasteiger partial charge in [0.2, 0.25) is 0 Å². The van der Waals surface area contributed by atoms with E-state index in [0.717, 1.165) is 38.1 Å². The molecular weight excluding hydrogens is 294 g/mol. The van der Waals surface area contributed by atoms with Gasteiger partial charge in [0.15, 0.2) is 5.76 Å². The molecule has 1 aliphatic rings. The summed E-state index contributed by atoms with van der Waals surface area (Å²) < 4.78 is 7.14. The number of ketones is 1. The van der Waals surface area contributed by atoms with E-state index in [1.165, 1.54) is 12.3 Å². The first kappa shape index (κ1) is 15.5. The largest absolute Gasteiger partial charge is 0.461 e. The maximum absolute atomic E-state index is 12.5. The molecule has 1 amide bonds. The first-order valence-corrected chi connectivity index (χ1v) is 8.03. The van der Waals surface area contributed by atoms with Crippen LogP contribution in [0.3, 0.4) is 0 Å². The molecule has 0 bridgehead atoms. The summed E-state index contributed by atoms with van der Waals surface area (Å²) >= 11 is 0. The number of imidazole rings is 1. The van der Waals surface area contributed by atoms with Crippen molar-refractivity contribution in [3.05, 3.63) is 42.4 Å². The number of piperidine rings is 1. The molecule has 122 valence electrons. The third-order valence-electron chi connectivity index (χ3n) is 4.45. The van der Waals surface area contributed by atoms with Crippen molar-refractivity contribution in [3.63, 3.8) is 0 Å². The van der Waals surface area contributed by atoms with Crippen LogP contribution in [0.2, 0.25) is 0 Å². The minimum atomic E-state index is -0.555. The second kappa shape index (κ2) is 6.81. The highest BCUT2D eigenvalue weighted by Gasteiger charge is 2.32. The predicted octanol–water partition coefficient (Wildman–Crippen LogP) is 2.44. The van der Waals surface area contributed by atoms with E-state index in [-0.39, 0.29) is 11.8 Å². The number of likely N-dealkylation sites (tertiary alicyclic amines) is 1. The fourth-order valence-electron chi connectivity index (χ4n) is 3.14. The van der Waals surface area contributed by atoms with Gasteiger partial charge in [-0.2, -0.15) is 0 Å². The van der Waals surface area contributed by atoms with Crippen LogP contribution in [0.25, 0.3) is 0 Å². The van der Waals surface area contributed by atoms with E-state index in [4.69, 9.17) is 4.42 Å². The molecule has 2 aromatic heterocycles. The molecule has 1 saturated heterocycles. The van der Waals surface area contributed by atoms with Crippen molar-refractivity contribution < 1.29 is 14.0 Å². The standard InChI is InChI=1S/C17H21N3O3/c1-13-18-8-11-19(13)10-7-14-5-2-3-9-20(14)17(22)16(21)15-6-4-12-23-15/h4,6,8,11-12,14H,2-3,5,7,9-10H2,1H3. The van der Waals surface area contributed by atoms with Crippen LogP contribution in [0.5, 0.6) is 0 Å². The van der Waals surface area contributed by atoms with E-state index in [2.05, 4.69) is 9.55 Å². The molecular formula is C17H21N3O3. The number of aromatic nitrogens is 2. The second-order valence-corrected chi connectivity index (χ2v) is 5.91. The lowest BCUT2D eigenvalue weighted by molar-refractivity contribution is -0.130. The van der Waals surface area contributed by atoms with E-state index in [0.29, 0.717) is 6.54 Å². The molecule has 0 radical (unpaired) electrons. The summed E-state index contributed by atoms with van der Waals surface area (Å²) in [6.45, 7) is 3.40. The number of rotatable bonds is 5. The molecule has 1 aliphatic heterocycles. The van der Waals surface area contributed by atoms with Gasteiger partial charge >= 0.3 is 0 Å². The van der Waals surface area contributed by atoms with Crippen molar-refractivity contribution in [2.24, 2.45) is 0 Å². The topological polar surface area (TPSA) is 68.3 Å². The minimum absolute atomic E-state index is 0.0944. The van der Waals surface area contributed by atoms with Crippen LogP contribution in [-0.2, 0) is 11.3 Å². The lowest BCUT2D eigenvalue weighted by atomic mass is 9.98. The van der Waals surface area contributed by atoms with Crippen molar-refractivity contribution in [3.8, 4) is 0 Å². The van der Waals surface area contributed by atoms with Gasteiger partial charge in [-0.3, -0.25) is 9.59 Å². The summed E-state index contributed by atoms with van der Waals surface area (Å²) in [5, 5.41) is 0. The SMILES string of the molecule is Cc1nccn1CCC1CCCCN1C(=O)C(=O)c1ccco1. The van der Waals surface area contributed by atoms with Gasteiger partial charge in [-0.1, -0.05) is 0 Å². The summed E-state index contributed by atoms with van der Waals surface area (Å²) in [5.74, 6) is 0.0721. The smallest absolute Gasteiger partial charge is 0.298 e. The Hall–Kier alpha value is -2.37. The average Bonchev–Trinajstić information content (AvgIpc) is 3.23. The van der Waals surface area contributed by atoms with Crippen molar-refractivity contribution in [1.82, 2.24) is 14.5 Å². The zero-order valence-electron chi connectivity index (χ0n) is 13.3. The Morgan fingerprint density at radius 1 is 1.39 bits per heavy atom. The molecule has 0 aromatic carbocycles. The minimum Gasteiger partial charge on any atom is -0.461 e. The zero-order chi connectivity index (χ0) is 16.2. The van der Waals surface area contributed by atoms with E-state index in [9.17, 15) is 9.59 Å². The van der Waals surface area contributed by atoms with Gasteiger partial charge in [0.05, 0.1) is 6.26 Å². The molecule has 1 unspecified atom stereocenters. The molecule has 23 heavy (non-hydrogen) atoms. The number of nitrogens with zero attached hydrogens (tertiary/aromatic N) is 3. The first-order chi connectivity index (χ1) is 11.2. The lowest BCUT2D eigenvalue weighted by Gasteiger charge is -2.35. The second-order valence-electron chi connectivity index (χ2n) is 5.91. The average molecular weight is 315 g/mol. The van der Waals surface area contributed by atoms with Gasteiger partial charge in [0, 0.05) is 31.5 Å². The molecule has 6 nitrogen and oxygen atoms in total. The van der Waals surface area contributed by atoms with E-state index in [1.54, 1.807) is 17.2 Å². The Morgan fingerprint density at radius 2 is 2.26 bits per heavy atom. The fourth-order valence-corrected chi connectivity index (χ4v) is 3.14. The number of Topliss-reactive ketones (excluding diaryl/α,β-unsaturated/α-hetero) is 1. The molecule has 6 heteroatoms. The van der Waals surface area contributed by atoms with Gasteiger partial charge in [-0.15, -0.1) is 0 Å². The van der Waals surface area contributed by atoms with Gasteiger partial charge in [-0.05, 0) is 44.7 Å². The van der Waals surface area contributed by atoms with E-state index < -0.39 is 11.7 Å². The van der Waals surface area contributed by atoms with Crippen molar-refractivity contribution in [2.75, 3.05) is 6.54 Å². The summed E-state index contributed by atoms with van der Waals surface area (Å²) in [5.41, 5.74) is 0. The van der Waals surface area contributed by atoms with Crippen LogP contribution >= 0.6 is 0 Å². The summed E-state index contributed by atoms with van der Waals surface area (Å²) in [4.78, 5) is 30.7. The molecule has 0 spiro atoms. The molecule has 0 saturated carbocycles. The van der Waals surface area contributed by atoms with Crippen LogP contribution in [0, 0.1) is 6.92 Å². The quantitative estimate of drug-likeness (QED) is 0.628. The lowest BCUT2D eigenvalue weighted by Crippen LogP contribution is -2.47. The molecule has 0 aliphatic carbocycles. The van der Waals surface area contributed by atoms with E-state index in [1.807, 2.05) is 13.1 Å².